The number of rotatable bonds is 10. The number of carbonyl (C=O) groups is 2. The fourth-order valence-corrected chi connectivity index (χ4v) is 2.94. The third-order valence-electron chi connectivity index (χ3n) is 3.65. The van der Waals surface area contributed by atoms with Gasteiger partial charge in [-0.3, -0.25) is 4.79 Å². The molecule has 2 aromatic carbocycles. The molecule has 0 aliphatic rings. The lowest BCUT2D eigenvalue weighted by atomic mass is 10.1. The van der Waals surface area contributed by atoms with Crippen LogP contribution in [0, 0.1) is 0 Å². The summed E-state index contributed by atoms with van der Waals surface area (Å²) in [7, 11) is 0. The molecule has 0 spiro atoms. The van der Waals surface area contributed by atoms with Crippen LogP contribution in [0.4, 0.5) is 0 Å². The molecule has 0 aromatic heterocycles. The number of esters is 1. The van der Waals surface area contributed by atoms with Crippen molar-refractivity contribution in [2.24, 2.45) is 5.10 Å². The minimum absolute atomic E-state index is 0.205. The van der Waals surface area contributed by atoms with E-state index in [9.17, 15) is 9.59 Å². The highest BCUT2D eigenvalue weighted by atomic mass is 79.9. The standard InChI is InChI=1S/C21H22BrClN2O5/c1-3-28-18-10-15(9-17(23)21(18)30-13-20(27)29-4-2)12-24-25-19(26)11-14-5-7-16(22)8-6-14/h5-10,12H,3-4,11,13H2,1-2H3,(H,25,26)/b24-12-. The molecule has 9 heteroatoms. The molecule has 0 atom stereocenters. The Morgan fingerprint density at radius 1 is 1.13 bits per heavy atom. The van der Waals surface area contributed by atoms with E-state index in [1.807, 2.05) is 31.2 Å². The number of benzene rings is 2. The highest BCUT2D eigenvalue weighted by Gasteiger charge is 2.14. The molecule has 0 bridgehead atoms. The Labute approximate surface area is 188 Å². The third kappa shape index (κ3) is 7.68. The lowest BCUT2D eigenvalue weighted by molar-refractivity contribution is -0.145. The predicted molar refractivity (Wildman–Crippen MR) is 118 cm³/mol. The maximum absolute atomic E-state index is 12.0. The first kappa shape index (κ1) is 23.7. The SMILES string of the molecule is CCOC(=O)COc1c(Cl)cc(/C=N\NC(=O)Cc2ccc(Br)cc2)cc1OCC. The fraction of sp³-hybridized carbons (Fsp3) is 0.286. The first-order valence-electron chi connectivity index (χ1n) is 9.24. The number of amides is 1. The van der Waals surface area contributed by atoms with E-state index in [4.69, 9.17) is 25.8 Å². The van der Waals surface area contributed by atoms with Crippen LogP contribution < -0.4 is 14.9 Å². The Hall–Kier alpha value is -2.58. The van der Waals surface area contributed by atoms with Crippen LogP contribution in [0.3, 0.4) is 0 Å². The second kappa shape index (κ2) is 12.2. The van der Waals surface area contributed by atoms with E-state index in [1.54, 1.807) is 19.1 Å². The topological polar surface area (TPSA) is 86.2 Å². The molecule has 7 nitrogen and oxygen atoms in total. The molecule has 0 aliphatic heterocycles. The van der Waals surface area contributed by atoms with Crippen molar-refractivity contribution >= 4 is 45.6 Å². The summed E-state index contributed by atoms with van der Waals surface area (Å²) < 4.78 is 16.8. The van der Waals surface area contributed by atoms with Gasteiger partial charge in [-0.15, -0.1) is 0 Å². The molecular formula is C21H22BrClN2O5. The summed E-state index contributed by atoms with van der Waals surface area (Å²) in [6.45, 7) is 3.87. The van der Waals surface area contributed by atoms with Crippen molar-refractivity contribution in [1.29, 1.82) is 0 Å². The number of nitrogens with one attached hydrogen (secondary N) is 1. The highest BCUT2D eigenvalue weighted by molar-refractivity contribution is 9.10. The van der Waals surface area contributed by atoms with Gasteiger partial charge < -0.3 is 14.2 Å². The molecule has 0 fully saturated rings. The first-order chi connectivity index (χ1) is 14.4. The van der Waals surface area contributed by atoms with Gasteiger partial charge in [0.05, 0.1) is 30.9 Å². The molecule has 0 unspecified atom stereocenters. The van der Waals surface area contributed by atoms with Crippen LogP contribution in [0.15, 0.2) is 46.0 Å². The van der Waals surface area contributed by atoms with E-state index >= 15 is 0 Å². The molecular weight excluding hydrogens is 476 g/mol. The summed E-state index contributed by atoms with van der Waals surface area (Å²) in [6.07, 6.45) is 1.65. The minimum Gasteiger partial charge on any atom is -0.490 e. The smallest absolute Gasteiger partial charge is 0.344 e. The Morgan fingerprint density at radius 2 is 1.87 bits per heavy atom. The molecule has 0 radical (unpaired) electrons. The summed E-state index contributed by atoms with van der Waals surface area (Å²) in [5, 5.41) is 4.21. The average Bonchev–Trinajstić information content (AvgIpc) is 2.69. The molecule has 0 saturated heterocycles. The molecule has 30 heavy (non-hydrogen) atoms. The average molecular weight is 498 g/mol. The normalized spacial score (nSPS) is 10.7. The van der Waals surface area contributed by atoms with Crippen LogP contribution in [0.5, 0.6) is 11.5 Å². The van der Waals surface area contributed by atoms with Crippen LogP contribution in [0.2, 0.25) is 5.02 Å². The van der Waals surface area contributed by atoms with Crippen molar-refractivity contribution < 1.29 is 23.8 Å². The zero-order valence-electron chi connectivity index (χ0n) is 16.6. The molecule has 2 rings (SSSR count). The van der Waals surface area contributed by atoms with Crippen molar-refractivity contribution in [2.75, 3.05) is 19.8 Å². The number of halogens is 2. The summed E-state index contributed by atoms with van der Waals surface area (Å²) >= 11 is 9.64. The van der Waals surface area contributed by atoms with Gasteiger partial charge in [0.25, 0.3) is 0 Å². The van der Waals surface area contributed by atoms with E-state index in [2.05, 4.69) is 26.5 Å². The Bertz CT molecular complexity index is 903. The summed E-state index contributed by atoms with van der Waals surface area (Å²) in [4.78, 5) is 23.6. The lowest BCUT2D eigenvalue weighted by Gasteiger charge is -2.14. The number of nitrogens with zero attached hydrogens (tertiary/aromatic N) is 1. The molecule has 2 aromatic rings. The molecule has 1 N–H and O–H groups in total. The molecule has 0 saturated carbocycles. The number of carbonyl (C=O) groups excluding carboxylic acids is 2. The van der Waals surface area contributed by atoms with Gasteiger partial charge in [-0.2, -0.15) is 5.10 Å². The van der Waals surface area contributed by atoms with Crippen LogP contribution in [0.25, 0.3) is 0 Å². The number of hydrogen-bond donors (Lipinski definition) is 1. The maximum atomic E-state index is 12.0. The molecule has 0 aliphatic carbocycles. The van der Waals surface area contributed by atoms with E-state index in [0.717, 1.165) is 10.0 Å². The lowest BCUT2D eigenvalue weighted by Crippen LogP contribution is -2.19. The number of ether oxygens (including phenoxy) is 3. The zero-order chi connectivity index (χ0) is 21.9. The minimum atomic E-state index is -0.504. The zero-order valence-corrected chi connectivity index (χ0v) is 19.0. The van der Waals surface area contributed by atoms with Crippen LogP contribution in [-0.4, -0.2) is 37.9 Å². The maximum Gasteiger partial charge on any atom is 0.344 e. The van der Waals surface area contributed by atoms with Crippen molar-refractivity contribution in [3.05, 3.63) is 57.0 Å². The van der Waals surface area contributed by atoms with Gasteiger partial charge in [0.15, 0.2) is 18.1 Å². The second-order valence-electron chi connectivity index (χ2n) is 5.95. The molecule has 160 valence electrons. The van der Waals surface area contributed by atoms with Crippen molar-refractivity contribution in [2.45, 2.75) is 20.3 Å². The predicted octanol–water partition coefficient (Wildman–Crippen LogP) is 4.14. The van der Waals surface area contributed by atoms with Crippen LogP contribution in [-0.2, 0) is 20.7 Å². The fourth-order valence-electron chi connectivity index (χ4n) is 2.41. The second-order valence-corrected chi connectivity index (χ2v) is 7.28. The van der Waals surface area contributed by atoms with Crippen molar-refractivity contribution in [3.8, 4) is 11.5 Å². The Kier molecular flexibility index (Phi) is 9.63. The van der Waals surface area contributed by atoms with Gasteiger partial charge in [-0.05, 0) is 49.2 Å². The Balaban J connectivity index is 2.03. The van der Waals surface area contributed by atoms with Gasteiger partial charge in [0.1, 0.15) is 0 Å². The first-order valence-corrected chi connectivity index (χ1v) is 10.4. The monoisotopic (exact) mass is 496 g/mol. The molecule has 0 heterocycles. The highest BCUT2D eigenvalue weighted by Crippen LogP contribution is 2.36. The van der Waals surface area contributed by atoms with Gasteiger partial charge in [-0.25, -0.2) is 10.2 Å². The van der Waals surface area contributed by atoms with E-state index < -0.39 is 5.97 Å². The van der Waals surface area contributed by atoms with E-state index in [1.165, 1.54) is 6.21 Å². The van der Waals surface area contributed by atoms with Gasteiger partial charge in [-0.1, -0.05) is 39.7 Å². The Morgan fingerprint density at radius 3 is 2.53 bits per heavy atom. The van der Waals surface area contributed by atoms with Crippen LogP contribution in [0.1, 0.15) is 25.0 Å². The summed E-state index contributed by atoms with van der Waals surface area (Å²) in [5.74, 6) is -0.158. The van der Waals surface area contributed by atoms with Crippen LogP contribution >= 0.6 is 27.5 Å². The number of hydrazone groups is 1. The third-order valence-corrected chi connectivity index (χ3v) is 4.46. The van der Waals surface area contributed by atoms with Gasteiger partial charge in [0.2, 0.25) is 5.91 Å². The number of hydrogen-bond acceptors (Lipinski definition) is 6. The van der Waals surface area contributed by atoms with Gasteiger partial charge in [0, 0.05) is 4.47 Å². The quantitative estimate of drug-likeness (QED) is 0.303. The van der Waals surface area contributed by atoms with E-state index in [0.29, 0.717) is 17.9 Å². The molecule has 1 amide bonds. The van der Waals surface area contributed by atoms with E-state index in [-0.39, 0.29) is 36.3 Å². The largest absolute Gasteiger partial charge is 0.490 e. The van der Waals surface area contributed by atoms with Crippen molar-refractivity contribution in [3.63, 3.8) is 0 Å². The summed E-state index contributed by atoms with van der Waals surface area (Å²) in [5.41, 5.74) is 3.94. The summed E-state index contributed by atoms with van der Waals surface area (Å²) in [6, 6.07) is 10.7. The van der Waals surface area contributed by atoms with Crippen molar-refractivity contribution in [1.82, 2.24) is 5.43 Å². The van der Waals surface area contributed by atoms with Gasteiger partial charge >= 0.3 is 5.97 Å².